The van der Waals surface area contributed by atoms with Gasteiger partial charge in [0.25, 0.3) is 0 Å². The molecule has 0 bridgehead atoms. The Morgan fingerprint density at radius 1 is 1.26 bits per heavy atom. The van der Waals surface area contributed by atoms with Crippen LogP contribution in [0.4, 0.5) is 5.69 Å². The molecule has 0 spiro atoms. The summed E-state index contributed by atoms with van der Waals surface area (Å²) in [6, 6.07) is 11.9. The zero-order valence-corrected chi connectivity index (χ0v) is 11.7. The lowest BCUT2D eigenvalue weighted by Gasteiger charge is -2.08. The molecule has 1 aromatic carbocycles. The van der Waals surface area contributed by atoms with E-state index in [1.165, 1.54) is 17.0 Å². The maximum absolute atomic E-state index is 8.88. The van der Waals surface area contributed by atoms with Gasteiger partial charge in [0.1, 0.15) is 0 Å². The van der Waals surface area contributed by atoms with Crippen molar-refractivity contribution in [2.75, 3.05) is 5.32 Å². The average Bonchev–Trinajstić information content (AvgIpc) is 2.71. The van der Waals surface area contributed by atoms with Gasteiger partial charge in [-0.25, -0.2) is 0 Å². The normalized spacial score (nSPS) is 10.2. The largest absolute Gasteiger partial charge is 0.381 e. The van der Waals surface area contributed by atoms with E-state index in [2.05, 4.69) is 42.8 Å². The second kappa shape index (κ2) is 5.62. The summed E-state index contributed by atoms with van der Waals surface area (Å²) in [5.41, 5.74) is 5.58. The van der Waals surface area contributed by atoms with Crippen LogP contribution in [0.15, 0.2) is 30.3 Å². The first-order chi connectivity index (χ1) is 9.15. The van der Waals surface area contributed by atoms with Crippen LogP contribution in [-0.4, -0.2) is 4.57 Å². The molecule has 1 aromatic heterocycles. The summed E-state index contributed by atoms with van der Waals surface area (Å²) in [5.74, 6) is 0. The van der Waals surface area contributed by atoms with E-state index < -0.39 is 0 Å². The molecule has 0 radical (unpaired) electrons. The molecule has 2 rings (SSSR count). The van der Waals surface area contributed by atoms with Gasteiger partial charge in [0.15, 0.2) is 0 Å². The molecular weight excluding hydrogens is 234 g/mol. The number of nitrogens with zero attached hydrogens (tertiary/aromatic N) is 2. The molecule has 0 aliphatic rings. The van der Waals surface area contributed by atoms with Crippen molar-refractivity contribution < 1.29 is 0 Å². The summed E-state index contributed by atoms with van der Waals surface area (Å²) in [4.78, 5) is 0. The fourth-order valence-corrected chi connectivity index (χ4v) is 2.43. The van der Waals surface area contributed by atoms with Crippen LogP contribution in [0.2, 0.25) is 0 Å². The van der Waals surface area contributed by atoms with E-state index in [1.807, 2.05) is 24.3 Å². The molecule has 19 heavy (non-hydrogen) atoms. The third-order valence-corrected chi connectivity index (χ3v) is 3.47. The number of aromatic nitrogens is 1. The highest BCUT2D eigenvalue weighted by Gasteiger charge is 2.07. The number of nitrogens with one attached hydrogen (secondary N) is 1. The van der Waals surface area contributed by atoms with Gasteiger partial charge < -0.3 is 9.88 Å². The lowest BCUT2D eigenvalue weighted by atomic mass is 10.2. The Bertz CT molecular complexity index is 617. The van der Waals surface area contributed by atoms with E-state index in [0.29, 0.717) is 5.56 Å². The molecule has 0 aliphatic heterocycles. The molecule has 1 N–H and O–H groups in total. The highest BCUT2D eigenvalue weighted by Crippen LogP contribution is 2.17. The highest BCUT2D eigenvalue weighted by molar-refractivity contribution is 5.49. The third kappa shape index (κ3) is 2.79. The van der Waals surface area contributed by atoms with Crippen LogP contribution in [0.1, 0.15) is 29.4 Å². The van der Waals surface area contributed by atoms with Gasteiger partial charge in [0.2, 0.25) is 0 Å². The van der Waals surface area contributed by atoms with E-state index in [0.717, 1.165) is 18.8 Å². The Hall–Kier alpha value is -2.21. The monoisotopic (exact) mass is 253 g/mol. The minimum atomic E-state index is 0.684. The van der Waals surface area contributed by atoms with E-state index >= 15 is 0 Å². The van der Waals surface area contributed by atoms with Crippen molar-refractivity contribution in [2.45, 2.75) is 33.9 Å². The van der Waals surface area contributed by atoms with Gasteiger partial charge in [-0.05, 0) is 50.6 Å². The number of anilines is 1. The Balaban J connectivity index is 2.12. The quantitative estimate of drug-likeness (QED) is 0.904. The van der Waals surface area contributed by atoms with Crippen LogP contribution >= 0.6 is 0 Å². The van der Waals surface area contributed by atoms with E-state index in [4.69, 9.17) is 5.26 Å². The fourth-order valence-electron chi connectivity index (χ4n) is 2.43. The van der Waals surface area contributed by atoms with E-state index in [9.17, 15) is 0 Å². The van der Waals surface area contributed by atoms with Gasteiger partial charge in [-0.15, -0.1) is 0 Å². The van der Waals surface area contributed by atoms with E-state index in [-0.39, 0.29) is 0 Å². The lowest BCUT2D eigenvalue weighted by Crippen LogP contribution is -2.03. The van der Waals surface area contributed by atoms with Gasteiger partial charge in [-0.2, -0.15) is 5.26 Å². The minimum Gasteiger partial charge on any atom is -0.381 e. The Morgan fingerprint density at radius 2 is 2.05 bits per heavy atom. The standard InChI is InChI=1S/C16H19N3/c1-4-19-12(2)8-15(13(19)3)11-18-16-7-5-6-14(9-16)10-17/h5-9,18H,4,11H2,1-3H3. The molecule has 0 atom stereocenters. The van der Waals surface area contributed by atoms with Crippen LogP contribution in [-0.2, 0) is 13.1 Å². The molecule has 3 heteroatoms. The Labute approximate surface area is 114 Å². The van der Waals surface area contributed by atoms with Crippen molar-refractivity contribution in [3.8, 4) is 6.07 Å². The van der Waals surface area contributed by atoms with Gasteiger partial charge >= 0.3 is 0 Å². The number of aryl methyl sites for hydroxylation is 1. The maximum atomic E-state index is 8.88. The van der Waals surface area contributed by atoms with E-state index in [1.54, 1.807) is 0 Å². The summed E-state index contributed by atoms with van der Waals surface area (Å²) >= 11 is 0. The SMILES string of the molecule is CCn1c(C)cc(CNc2cccc(C#N)c2)c1C. The van der Waals surface area contributed by atoms with Gasteiger partial charge in [0.05, 0.1) is 11.6 Å². The minimum absolute atomic E-state index is 0.684. The van der Waals surface area contributed by atoms with Crippen molar-refractivity contribution in [3.63, 3.8) is 0 Å². The molecular formula is C16H19N3. The molecule has 0 aliphatic carbocycles. The predicted molar refractivity (Wildman–Crippen MR) is 78.1 cm³/mol. The molecule has 3 nitrogen and oxygen atoms in total. The first kappa shape index (κ1) is 13.2. The zero-order valence-electron chi connectivity index (χ0n) is 11.7. The number of hydrogen-bond acceptors (Lipinski definition) is 2. The zero-order chi connectivity index (χ0) is 13.8. The predicted octanol–water partition coefficient (Wildman–Crippen LogP) is 3.61. The molecule has 2 aromatic rings. The summed E-state index contributed by atoms with van der Waals surface area (Å²) in [5, 5.41) is 12.3. The van der Waals surface area contributed by atoms with Crippen molar-refractivity contribution in [3.05, 3.63) is 52.8 Å². The number of nitriles is 1. The molecule has 0 unspecified atom stereocenters. The van der Waals surface area contributed by atoms with Crippen molar-refractivity contribution >= 4 is 5.69 Å². The number of rotatable bonds is 4. The van der Waals surface area contributed by atoms with Crippen LogP contribution in [0.5, 0.6) is 0 Å². The van der Waals surface area contributed by atoms with Crippen molar-refractivity contribution in [2.24, 2.45) is 0 Å². The number of benzene rings is 1. The second-order valence-corrected chi connectivity index (χ2v) is 4.69. The molecule has 0 amide bonds. The van der Waals surface area contributed by atoms with Crippen LogP contribution in [0, 0.1) is 25.2 Å². The van der Waals surface area contributed by atoms with Crippen LogP contribution in [0.25, 0.3) is 0 Å². The third-order valence-electron chi connectivity index (χ3n) is 3.47. The average molecular weight is 253 g/mol. The molecule has 0 saturated heterocycles. The van der Waals surface area contributed by atoms with Gasteiger partial charge in [0, 0.05) is 30.2 Å². The fraction of sp³-hybridized carbons (Fsp3) is 0.312. The summed E-state index contributed by atoms with van der Waals surface area (Å²) < 4.78 is 2.31. The molecule has 0 saturated carbocycles. The lowest BCUT2D eigenvalue weighted by molar-refractivity contribution is 0.715. The first-order valence-corrected chi connectivity index (χ1v) is 6.55. The Kier molecular flexibility index (Phi) is 3.91. The van der Waals surface area contributed by atoms with Gasteiger partial charge in [-0.1, -0.05) is 6.07 Å². The molecule has 0 fully saturated rings. The van der Waals surface area contributed by atoms with Crippen LogP contribution in [0.3, 0.4) is 0 Å². The second-order valence-electron chi connectivity index (χ2n) is 4.69. The molecule has 1 heterocycles. The summed E-state index contributed by atoms with van der Waals surface area (Å²) in [6.45, 7) is 8.24. The maximum Gasteiger partial charge on any atom is 0.0992 e. The summed E-state index contributed by atoms with van der Waals surface area (Å²) in [7, 11) is 0. The molecule has 98 valence electrons. The van der Waals surface area contributed by atoms with Crippen molar-refractivity contribution in [1.29, 1.82) is 5.26 Å². The smallest absolute Gasteiger partial charge is 0.0992 e. The van der Waals surface area contributed by atoms with Gasteiger partial charge in [-0.3, -0.25) is 0 Å². The summed E-state index contributed by atoms with van der Waals surface area (Å²) in [6.07, 6.45) is 0. The van der Waals surface area contributed by atoms with Crippen LogP contribution < -0.4 is 5.32 Å². The highest BCUT2D eigenvalue weighted by atomic mass is 15.0. The van der Waals surface area contributed by atoms with Crippen molar-refractivity contribution in [1.82, 2.24) is 4.57 Å². The topological polar surface area (TPSA) is 40.8 Å². The number of hydrogen-bond donors (Lipinski definition) is 1. The Morgan fingerprint density at radius 3 is 2.68 bits per heavy atom. The first-order valence-electron chi connectivity index (χ1n) is 6.55.